The molecule has 1 aliphatic heterocycles. The summed E-state index contributed by atoms with van der Waals surface area (Å²) in [6, 6.07) is 3.00. The number of hydrogen-bond acceptors (Lipinski definition) is 4. The molecule has 1 fully saturated rings. The first-order chi connectivity index (χ1) is 10.4. The highest BCUT2D eigenvalue weighted by Crippen LogP contribution is 2.32. The lowest BCUT2D eigenvalue weighted by Gasteiger charge is -2.21. The third kappa shape index (κ3) is 3.53. The van der Waals surface area contributed by atoms with Crippen LogP contribution in [0.25, 0.3) is 0 Å². The molecule has 2 rings (SSSR count). The summed E-state index contributed by atoms with van der Waals surface area (Å²) in [5, 5.41) is 3.00. The van der Waals surface area contributed by atoms with Gasteiger partial charge in [0.2, 0.25) is 15.9 Å². The molecular formula is C14H19ClN2O4S. The smallest absolute Gasteiger partial charge is 0.247 e. The predicted octanol–water partition coefficient (Wildman–Crippen LogP) is 1.56. The summed E-state index contributed by atoms with van der Waals surface area (Å²) in [5.41, 5.74) is 0.734. The van der Waals surface area contributed by atoms with E-state index in [0.717, 1.165) is 5.56 Å². The van der Waals surface area contributed by atoms with Crippen LogP contribution in [-0.2, 0) is 14.8 Å². The van der Waals surface area contributed by atoms with Crippen molar-refractivity contribution in [3.05, 3.63) is 22.7 Å². The maximum atomic E-state index is 12.9. The van der Waals surface area contributed by atoms with E-state index in [9.17, 15) is 13.2 Å². The van der Waals surface area contributed by atoms with Crippen LogP contribution in [-0.4, -0.2) is 44.9 Å². The minimum atomic E-state index is -3.85. The van der Waals surface area contributed by atoms with Crippen molar-refractivity contribution in [2.24, 2.45) is 0 Å². The van der Waals surface area contributed by atoms with Crippen molar-refractivity contribution < 1.29 is 17.9 Å². The van der Waals surface area contributed by atoms with Crippen LogP contribution < -0.4 is 10.1 Å². The second-order valence-corrected chi connectivity index (χ2v) is 7.34. The fourth-order valence-electron chi connectivity index (χ4n) is 2.23. The van der Waals surface area contributed by atoms with E-state index in [1.807, 2.05) is 0 Å². The van der Waals surface area contributed by atoms with Crippen molar-refractivity contribution in [2.75, 3.05) is 26.2 Å². The number of hydrogen-bond donors (Lipinski definition) is 1. The summed E-state index contributed by atoms with van der Waals surface area (Å²) in [4.78, 5) is 11.6. The molecule has 1 amide bonds. The van der Waals surface area contributed by atoms with Gasteiger partial charge >= 0.3 is 0 Å². The maximum Gasteiger partial charge on any atom is 0.247 e. The van der Waals surface area contributed by atoms with Gasteiger partial charge in [-0.25, -0.2) is 8.42 Å². The Morgan fingerprint density at radius 1 is 1.41 bits per heavy atom. The van der Waals surface area contributed by atoms with E-state index in [1.165, 1.54) is 10.4 Å². The molecule has 6 nitrogen and oxygen atoms in total. The highest BCUT2D eigenvalue weighted by atomic mass is 35.5. The van der Waals surface area contributed by atoms with Crippen LogP contribution in [0.15, 0.2) is 17.0 Å². The van der Waals surface area contributed by atoms with Gasteiger partial charge in [0, 0.05) is 18.1 Å². The van der Waals surface area contributed by atoms with Crippen LogP contribution >= 0.6 is 11.6 Å². The van der Waals surface area contributed by atoms with Gasteiger partial charge in [0.1, 0.15) is 10.6 Å². The monoisotopic (exact) mass is 346 g/mol. The molecule has 0 atom stereocenters. The average molecular weight is 347 g/mol. The Balaban J connectivity index is 2.47. The molecule has 1 aromatic rings. The van der Waals surface area contributed by atoms with E-state index in [1.54, 1.807) is 19.9 Å². The molecule has 1 aliphatic rings. The number of carbonyl (C=O) groups is 1. The average Bonchev–Trinajstić information content (AvgIpc) is 2.68. The Morgan fingerprint density at radius 3 is 2.82 bits per heavy atom. The van der Waals surface area contributed by atoms with Crippen molar-refractivity contribution in [3.8, 4) is 5.75 Å². The Kier molecular flexibility index (Phi) is 5.31. The van der Waals surface area contributed by atoms with Gasteiger partial charge < -0.3 is 10.1 Å². The number of sulfonamides is 1. The molecule has 0 bridgehead atoms. The first kappa shape index (κ1) is 17.1. The number of carbonyl (C=O) groups excluding carboxylic acids is 1. The molecular weight excluding hydrogens is 328 g/mol. The predicted molar refractivity (Wildman–Crippen MR) is 83.7 cm³/mol. The Morgan fingerprint density at radius 2 is 2.14 bits per heavy atom. The van der Waals surface area contributed by atoms with Gasteiger partial charge in [-0.1, -0.05) is 11.6 Å². The molecule has 0 spiro atoms. The van der Waals surface area contributed by atoms with Gasteiger partial charge in [0.25, 0.3) is 0 Å². The zero-order valence-corrected chi connectivity index (χ0v) is 14.1. The summed E-state index contributed by atoms with van der Waals surface area (Å²) in [6.07, 6.45) is 0.564. The van der Waals surface area contributed by atoms with Crippen LogP contribution in [0.2, 0.25) is 5.02 Å². The van der Waals surface area contributed by atoms with Gasteiger partial charge in [-0.05, 0) is 38.0 Å². The highest BCUT2D eigenvalue weighted by molar-refractivity contribution is 7.89. The molecule has 122 valence electrons. The van der Waals surface area contributed by atoms with Crippen molar-refractivity contribution in [3.63, 3.8) is 0 Å². The number of benzene rings is 1. The lowest BCUT2D eigenvalue weighted by molar-refractivity contribution is -0.120. The first-order valence-corrected chi connectivity index (χ1v) is 8.88. The molecule has 1 aromatic carbocycles. The number of nitrogens with zero attached hydrogens (tertiary/aromatic N) is 1. The summed E-state index contributed by atoms with van der Waals surface area (Å²) in [5.74, 6) is -0.0497. The molecule has 1 heterocycles. The summed E-state index contributed by atoms with van der Waals surface area (Å²) >= 11 is 6.07. The largest absolute Gasteiger partial charge is 0.492 e. The fourth-order valence-corrected chi connectivity index (χ4v) is 4.03. The number of aryl methyl sites for hydroxylation is 1. The number of nitrogens with one attached hydrogen (secondary N) is 1. The third-order valence-corrected chi connectivity index (χ3v) is 5.64. The van der Waals surface area contributed by atoms with Crippen LogP contribution in [0.5, 0.6) is 5.75 Å². The van der Waals surface area contributed by atoms with Gasteiger partial charge in [0.05, 0.1) is 13.2 Å². The minimum Gasteiger partial charge on any atom is -0.492 e. The molecule has 22 heavy (non-hydrogen) atoms. The van der Waals surface area contributed by atoms with Crippen molar-refractivity contribution >= 4 is 27.5 Å². The standard InChI is InChI=1S/C14H19ClN2O4S/c1-3-21-12-7-10(2)11(15)8-13(12)22(19,20)17-6-4-5-16-14(18)9-17/h7-8H,3-6,9H2,1-2H3,(H,16,18). The quantitative estimate of drug-likeness (QED) is 0.897. The lowest BCUT2D eigenvalue weighted by atomic mass is 10.2. The highest BCUT2D eigenvalue weighted by Gasteiger charge is 2.31. The fraction of sp³-hybridized carbons (Fsp3) is 0.500. The summed E-state index contributed by atoms with van der Waals surface area (Å²) in [7, 11) is -3.85. The molecule has 8 heteroatoms. The van der Waals surface area contributed by atoms with Crippen LogP contribution in [0, 0.1) is 6.92 Å². The molecule has 1 N–H and O–H groups in total. The van der Waals surface area contributed by atoms with E-state index in [2.05, 4.69) is 5.32 Å². The Bertz CT molecular complexity index is 676. The van der Waals surface area contributed by atoms with Gasteiger partial charge in [0.15, 0.2) is 0 Å². The molecule has 0 saturated carbocycles. The summed E-state index contributed by atoms with van der Waals surface area (Å²) < 4.78 is 32.3. The SMILES string of the molecule is CCOc1cc(C)c(Cl)cc1S(=O)(=O)N1CCCNC(=O)C1. The molecule has 0 radical (unpaired) electrons. The topological polar surface area (TPSA) is 75.7 Å². The van der Waals surface area contributed by atoms with E-state index in [0.29, 0.717) is 24.6 Å². The molecule has 0 aliphatic carbocycles. The second-order valence-electron chi connectivity index (χ2n) is 5.02. The van der Waals surface area contributed by atoms with Crippen LogP contribution in [0.4, 0.5) is 0 Å². The molecule has 1 saturated heterocycles. The minimum absolute atomic E-state index is 0.000324. The maximum absolute atomic E-state index is 12.9. The van der Waals surface area contributed by atoms with Gasteiger partial charge in [-0.2, -0.15) is 4.31 Å². The van der Waals surface area contributed by atoms with Crippen molar-refractivity contribution in [2.45, 2.75) is 25.2 Å². The molecule has 0 unspecified atom stereocenters. The van der Waals surface area contributed by atoms with Gasteiger partial charge in [-0.3, -0.25) is 4.79 Å². The number of halogens is 1. The van der Waals surface area contributed by atoms with Gasteiger partial charge in [-0.15, -0.1) is 0 Å². The second kappa shape index (κ2) is 6.85. The molecule has 0 aromatic heterocycles. The Hall–Kier alpha value is -1.31. The normalized spacial score (nSPS) is 17.0. The van der Waals surface area contributed by atoms with E-state index in [-0.39, 0.29) is 29.6 Å². The first-order valence-electron chi connectivity index (χ1n) is 7.06. The van der Waals surface area contributed by atoms with E-state index < -0.39 is 10.0 Å². The summed E-state index contributed by atoms with van der Waals surface area (Å²) in [6.45, 7) is 4.44. The lowest BCUT2D eigenvalue weighted by Crippen LogP contribution is -2.37. The Labute approximate surface area is 135 Å². The number of amides is 1. The zero-order valence-electron chi connectivity index (χ0n) is 12.6. The van der Waals surface area contributed by atoms with Crippen LogP contribution in [0.1, 0.15) is 18.9 Å². The van der Waals surface area contributed by atoms with E-state index in [4.69, 9.17) is 16.3 Å². The van der Waals surface area contributed by atoms with Crippen molar-refractivity contribution in [1.82, 2.24) is 9.62 Å². The van der Waals surface area contributed by atoms with E-state index >= 15 is 0 Å². The zero-order chi connectivity index (χ0) is 16.3. The number of rotatable bonds is 4. The van der Waals surface area contributed by atoms with Crippen molar-refractivity contribution in [1.29, 1.82) is 0 Å². The third-order valence-electron chi connectivity index (χ3n) is 3.37. The number of ether oxygens (including phenoxy) is 1. The van der Waals surface area contributed by atoms with Crippen LogP contribution in [0.3, 0.4) is 0 Å².